The molecule has 6 rings (SSSR count). The van der Waals surface area contributed by atoms with E-state index in [0.717, 1.165) is 35.3 Å². The Bertz CT molecular complexity index is 1410. The Labute approximate surface area is 248 Å². The number of hydrogen-bond acceptors (Lipinski definition) is 5. The minimum Gasteiger partial charge on any atom is -0.487 e. The van der Waals surface area contributed by atoms with Gasteiger partial charge in [0.05, 0.1) is 12.2 Å². The molecule has 42 heavy (non-hydrogen) atoms. The second-order valence-electron chi connectivity index (χ2n) is 12.5. The molecule has 2 saturated heterocycles. The molecule has 7 heteroatoms. The van der Waals surface area contributed by atoms with E-state index in [1.807, 2.05) is 65.6 Å². The largest absolute Gasteiger partial charge is 0.487 e. The van der Waals surface area contributed by atoms with Gasteiger partial charge in [-0.25, -0.2) is 4.79 Å². The summed E-state index contributed by atoms with van der Waals surface area (Å²) in [5.74, 6) is 1.20. The molecule has 3 aromatic rings. The van der Waals surface area contributed by atoms with Crippen LogP contribution in [0, 0.1) is 18.8 Å². The number of carbonyl (C=O) groups is 2. The van der Waals surface area contributed by atoms with Crippen molar-refractivity contribution < 1.29 is 23.8 Å². The van der Waals surface area contributed by atoms with Crippen molar-refractivity contribution in [2.24, 2.45) is 11.8 Å². The van der Waals surface area contributed by atoms with E-state index >= 15 is 0 Å². The van der Waals surface area contributed by atoms with E-state index in [1.54, 1.807) is 0 Å². The van der Waals surface area contributed by atoms with Crippen LogP contribution >= 0.6 is 0 Å². The average molecular weight is 569 g/mol. The van der Waals surface area contributed by atoms with E-state index in [2.05, 4.69) is 44.3 Å². The van der Waals surface area contributed by atoms with E-state index in [0.29, 0.717) is 19.5 Å². The molecule has 220 valence electrons. The van der Waals surface area contributed by atoms with Crippen LogP contribution in [0.4, 0.5) is 4.79 Å². The Morgan fingerprint density at radius 3 is 2.48 bits per heavy atom. The van der Waals surface area contributed by atoms with Crippen LogP contribution in [0.1, 0.15) is 55.0 Å². The van der Waals surface area contributed by atoms with Gasteiger partial charge in [-0.2, -0.15) is 0 Å². The predicted molar refractivity (Wildman–Crippen MR) is 160 cm³/mol. The van der Waals surface area contributed by atoms with Crippen molar-refractivity contribution in [3.8, 4) is 5.75 Å². The van der Waals surface area contributed by atoms with Crippen LogP contribution in [0.25, 0.3) is 0 Å². The van der Waals surface area contributed by atoms with Gasteiger partial charge in [0.2, 0.25) is 5.91 Å². The summed E-state index contributed by atoms with van der Waals surface area (Å²) in [6, 6.07) is 25.0. The third-order valence-electron chi connectivity index (χ3n) is 9.05. The molecule has 0 spiro atoms. The first kappa shape index (κ1) is 28.3. The van der Waals surface area contributed by atoms with Gasteiger partial charge in [-0.05, 0) is 56.4 Å². The monoisotopic (exact) mass is 568 g/mol. The molecule has 0 unspecified atom stereocenters. The second-order valence-corrected chi connectivity index (χ2v) is 12.5. The fraction of sp³-hybridized carbons (Fsp3) is 0.429. The summed E-state index contributed by atoms with van der Waals surface area (Å²) in [6.45, 7) is 7.70. The Hall–Kier alpha value is -3.84. The number of nitrogens with zero attached hydrogens (tertiary/aromatic N) is 1. The Balaban J connectivity index is 1.15. The van der Waals surface area contributed by atoms with Gasteiger partial charge >= 0.3 is 6.09 Å². The lowest BCUT2D eigenvalue weighted by atomic mass is 9.70. The highest BCUT2D eigenvalue weighted by Gasteiger charge is 2.51. The molecule has 3 heterocycles. The number of fused-ring (bicyclic) bond motifs is 4. The van der Waals surface area contributed by atoms with Crippen molar-refractivity contribution in [2.75, 3.05) is 13.1 Å². The third kappa shape index (κ3) is 6.02. The third-order valence-corrected chi connectivity index (χ3v) is 9.05. The van der Waals surface area contributed by atoms with Gasteiger partial charge < -0.3 is 24.4 Å². The molecule has 2 amide bonds. The summed E-state index contributed by atoms with van der Waals surface area (Å²) < 4.78 is 18.8. The molecule has 3 aliphatic rings. The molecule has 1 N–H and O–H groups in total. The van der Waals surface area contributed by atoms with Gasteiger partial charge in [-0.15, -0.1) is 0 Å². The van der Waals surface area contributed by atoms with Gasteiger partial charge in [-0.3, -0.25) is 4.79 Å². The Morgan fingerprint density at radius 1 is 1.02 bits per heavy atom. The van der Waals surface area contributed by atoms with Crippen LogP contribution in [0.15, 0.2) is 78.9 Å². The van der Waals surface area contributed by atoms with E-state index in [9.17, 15) is 9.59 Å². The number of ether oxygens (including phenoxy) is 3. The topological polar surface area (TPSA) is 77.1 Å². The van der Waals surface area contributed by atoms with Crippen molar-refractivity contribution in [3.63, 3.8) is 0 Å². The van der Waals surface area contributed by atoms with E-state index < -0.39 is 12.1 Å². The molecular weight excluding hydrogens is 528 g/mol. The molecular formula is C35H40N2O5. The van der Waals surface area contributed by atoms with Crippen LogP contribution in [0.3, 0.4) is 0 Å². The van der Waals surface area contributed by atoms with Crippen LogP contribution < -0.4 is 10.1 Å². The molecule has 0 radical (unpaired) electrons. The lowest BCUT2D eigenvalue weighted by molar-refractivity contribution is -0.189. The van der Waals surface area contributed by atoms with Crippen LogP contribution in [0.5, 0.6) is 5.75 Å². The predicted octanol–water partition coefficient (Wildman–Crippen LogP) is 6.00. The van der Waals surface area contributed by atoms with Crippen molar-refractivity contribution in [1.29, 1.82) is 0 Å². The van der Waals surface area contributed by atoms with Crippen molar-refractivity contribution in [1.82, 2.24) is 10.2 Å². The highest BCUT2D eigenvalue weighted by Crippen LogP contribution is 2.53. The van der Waals surface area contributed by atoms with Crippen LogP contribution in [0.2, 0.25) is 0 Å². The number of piperidine rings is 1. The maximum Gasteiger partial charge on any atom is 0.408 e. The molecule has 7 nitrogen and oxygen atoms in total. The zero-order valence-electron chi connectivity index (χ0n) is 24.6. The number of rotatable bonds is 6. The summed E-state index contributed by atoms with van der Waals surface area (Å²) in [5.41, 5.74) is 3.79. The molecule has 3 aromatic carbocycles. The number of amides is 2. The summed E-state index contributed by atoms with van der Waals surface area (Å²) in [7, 11) is 0. The molecule has 0 saturated carbocycles. The fourth-order valence-corrected chi connectivity index (χ4v) is 6.79. The van der Waals surface area contributed by atoms with Crippen molar-refractivity contribution in [2.45, 2.75) is 70.5 Å². The van der Waals surface area contributed by atoms with Crippen LogP contribution in [-0.4, -0.2) is 47.7 Å². The standard InChI is InChI=1S/C35H40N2O5/c1-23-14-15-27-31(18-23)42-35(2,3)28-20-26-21-37(17-16-30(26)41-32(27)28)33(38)29(19-24-10-6-4-7-11-24)36-34(39)40-22-25-12-8-5-9-13-25/h4-15,18,26,28-30,32H,16-17,19-22H2,1-3H3,(H,36,39)/t26-,28+,29+,30+,32-/m1/s1. The number of carbonyl (C=O) groups excluding carboxylic acids is 2. The second kappa shape index (κ2) is 11.8. The first-order valence-electron chi connectivity index (χ1n) is 15.0. The molecule has 0 aliphatic carbocycles. The van der Waals surface area contributed by atoms with Crippen LogP contribution in [-0.2, 0) is 27.3 Å². The summed E-state index contributed by atoms with van der Waals surface area (Å²) in [5, 5.41) is 2.88. The maximum atomic E-state index is 14.0. The molecule has 3 aliphatic heterocycles. The number of likely N-dealkylation sites (tertiary alicyclic amines) is 1. The molecule has 5 atom stereocenters. The highest BCUT2D eigenvalue weighted by atomic mass is 16.5. The lowest BCUT2D eigenvalue weighted by Gasteiger charge is -2.53. The quantitative estimate of drug-likeness (QED) is 0.395. The van der Waals surface area contributed by atoms with E-state index in [1.165, 1.54) is 5.56 Å². The fourth-order valence-electron chi connectivity index (χ4n) is 6.79. The average Bonchev–Trinajstić information content (AvgIpc) is 2.99. The van der Waals surface area contributed by atoms with Gasteiger partial charge in [0.25, 0.3) is 0 Å². The number of aryl methyl sites for hydroxylation is 1. The minimum absolute atomic E-state index is 0.0141. The number of alkyl carbamates (subject to hydrolysis) is 1. The first-order chi connectivity index (χ1) is 20.3. The van der Waals surface area contributed by atoms with Gasteiger partial charge in [0.15, 0.2) is 0 Å². The van der Waals surface area contributed by atoms with Crippen molar-refractivity contribution in [3.05, 3.63) is 101 Å². The summed E-state index contributed by atoms with van der Waals surface area (Å²) in [4.78, 5) is 28.7. The lowest BCUT2D eigenvalue weighted by Crippen LogP contribution is -2.58. The van der Waals surface area contributed by atoms with Gasteiger partial charge in [0, 0.05) is 36.9 Å². The number of nitrogens with one attached hydrogen (secondary N) is 1. The van der Waals surface area contributed by atoms with Gasteiger partial charge in [-0.1, -0.05) is 72.8 Å². The zero-order chi connectivity index (χ0) is 29.3. The minimum atomic E-state index is -0.728. The highest BCUT2D eigenvalue weighted by molar-refractivity contribution is 5.86. The van der Waals surface area contributed by atoms with Gasteiger partial charge in [0.1, 0.15) is 24.0 Å². The molecule has 0 bridgehead atoms. The first-order valence-corrected chi connectivity index (χ1v) is 15.0. The SMILES string of the molecule is Cc1ccc2c(c1)OC(C)(C)[C@H]1C[C@@H]3CN(C(=O)[C@H](Cc4ccccc4)NC(=O)OCc4ccccc4)CC[C@@H]3O[C@H]21. The molecule has 0 aromatic heterocycles. The Morgan fingerprint density at radius 2 is 1.74 bits per heavy atom. The number of benzene rings is 3. The van der Waals surface area contributed by atoms with Crippen molar-refractivity contribution >= 4 is 12.0 Å². The summed E-state index contributed by atoms with van der Waals surface area (Å²) >= 11 is 0. The van der Waals surface area contributed by atoms with E-state index in [4.69, 9.17) is 14.2 Å². The van der Waals surface area contributed by atoms with E-state index in [-0.39, 0.29) is 42.2 Å². The Kier molecular flexibility index (Phi) is 7.95. The zero-order valence-corrected chi connectivity index (χ0v) is 24.6. The smallest absolute Gasteiger partial charge is 0.408 e. The normalized spacial score (nSPS) is 24.7. The summed E-state index contributed by atoms with van der Waals surface area (Å²) in [6.07, 6.45) is 1.54. The molecule has 2 fully saturated rings. The maximum absolute atomic E-state index is 14.0. The number of hydrogen-bond donors (Lipinski definition) is 1.